The summed E-state index contributed by atoms with van der Waals surface area (Å²) in [6.45, 7) is 9.02. The number of hydrogen-bond donors (Lipinski definition) is 1. The van der Waals surface area contributed by atoms with Gasteiger partial charge in [0.25, 0.3) is 0 Å². The van der Waals surface area contributed by atoms with E-state index in [4.69, 9.17) is 5.11 Å². The van der Waals surface area contributed by atoms with E-state index in [-0.39, 0.29) is 16.4 Å². The Balaban J connectivity index is 1.40. The molecule has 0 amide bonds. The number of para-hydroxylation sites is 1. The second-order valence-electron chi connectivity index (χ2n) is 10.9. The van der Waals surface area contributed by atoms with Gasteiger partial charge in [0.05, 0.1) is 22.4 Å². The van der Waals surface area contributed by atoms with Crippen molar-refractivity contribution in [3.05, 3.63) is 107 Å². The van der Waals surface area contributed by atoms with Crippen molar-refractivity contribution in [2.75, 3.05) is 19.0 Å². The number of carbonyl (C=O) groups is 1. The number of likely N-dealkylation sites (N-methyl/N-ethyl adjacent to an activating group) is 1. The number of carboxylic acids is 1. The standard InChI is InChI=1S/C32H32N4O2/c1-31(2)24-10-7-8-11-26(24)35(5)28(31)12-9-13-29-32(3,4)25-20-23(18-19-27(25)36(29)6)34-33-22-16-14-21(15-17-22)30(37)38/h7-20H,1-6H3/p+1. The van der Waals surface area contributed by atoms with Crippen LogP contribution in [0.25, 0.3) is 0 Å². The van der Waals surface area contributed by atoms with Crippen molar-refractivity contribution >= 4 is 34.4 Å². The molecule has 2 heterocycles. The van der Waals surface area contributed by atoms with E-state index in [1.807, 2.05) is 6.07 Å². The summed E-state index contributed by atoms with van der Waals surface area (Å²) in [5.74, 6) is -0.958. The molecule has 192 valence electrons. The number of aromatic carboxylic acids is 1. The SMILES string of the molecule is CN1C(=CC=CC2=[N+](C)c3ccccc3C2(C)C)C(C)(C)c2cc(N=Nc3ccc(C(=O)O)cc3)ccc21. The molecule has 0 bridgehead atoms. The lowest BCUT2D eigenvalue weighted by molar-refractivity contribution is -0.401. The van der Waals surface area contributed by atoms with Crippen molar-refractivity contribution in [3.63, 3.8) is 0 Å². The average molecular weight is 506 g/mol. The highest BCUT2D eigenvalue weighted by Crippen LogP contribution is 2.48. The van der Waals surface area contributed by atoms with E-state index in [1.54, 1.807) is 12.1 Å². The van der Waals surface area contributed by atoms with E-state index in [1.165, 1.54) is 40.4 Å². The summed E-state index contributed by atoms with van der Waals surface area (Å²) in [6, 6.07) is 21.1. The van der Waals surface area contributed by atoms with Gasteiger partial charge < -0.3 is 10.0 Å². The average Bonchev–Trinajstić information content (AvgIpc) is 3.21. The molecular formula is C32H33N4O2+. The molecule has 2 aliphatic rings. The maximum Gasteiger partial charge on any atom is 0.335 e. The number of carboxylic acid groups (broad SMARTS) is 1. The fourth-order valence-corrected chi connectivity index (χ4v) is 5.70. The quantitative estimate of drug-likeness (QED) is 0.286. The Hall–Kier alpha value is -4.32. The van der Waals surface area contributed by atoms with Crippen molar-refractivity contribution in [2.45, 2.75) is 38.5 Å². The smallest absolute Gasteiger partial charge is 0.335 e. The van der Waals surface area contributed by atoms with Crippen molar-refractivity contribution in [1.82, 2.24) is 0 Å². The number of anilines is 1. The van der Waals surface area contributed by atoms with Crippen molar-refractivity contribution in [3.8, 4) is 0 Å². The van der Waals surface area contributed by atoms with E-state index >= 15 is 0 Å². The van der Waals surface area contributed by atoms with Crippen LogP contribution in [0.5, 0.6) is 0 Å². The number of benzene rings is 3. The van der Waals surface area contributed by atoms with Crippen LogP contribution < -0.4 is 4.90 Å². The van der Waals surface area contributed by atoms with Gasteiger partial charge in [-0.25, -0.2) is 4.79 Å². The third-order valence-electron chi connectivity index (χ3n) is 7.86. The van der Waals surface area contributed by atoms with Crippen LogP contribution in [0.2, 0.25) is 0 Å². The van der Waals surface area contributed by atoms with Crippen LogP contribution >= 0.6 is 0 Å². The molecule has 0 radical (unpaired) electrons. The van der Waals surface area contributed by atoms with Crippen molar-refractivity contribution < 1.29 is 14.5 Å². The maximum absolute atomic E-state index is 11.1. The largest absolute Gasteiger partial charge is 0.478 e. The first kappa shape index (κ1) is 25.3. The number of rotatable bonds is 5. The molecule has 3 aromatic rings. The topological polar surface area (TPSA) is 68.3 Å². The van der Waals surface area contributed by atoms with Crippen LogP contribution in [0, 0.1) is 0 Å². The second kappa shape index (κ2) is 9.21. The Labute approximate surface area is 224 Å². The first-order chi connectivity index (χ1) is 18.0. The number of azo groups is 1. The summed E-state index contributed by atoms with van der Waals surface area (Å²) < 4.78 is 2.29. The van der Waals surface area contributed by atoms with Gasteiger partial charge in [0, 0.05) is 41.6 Å². The first-order valence-electron chi connectivity index (χ1n) is 12.7. The zero-order valence-electron chi connectivity index (χ0n) is 22.7. The number of allylic oxidation sites excluding steroid dienone is 4. The third-order valence-corrected chi connectivity index (χ3v) is 7.86. The molecule has 1 N–H and O–H groups in total. The monoisotopic (exact) mass is 505 g/mol. The minimum Gasteiger partial charge on any atom is -0.478 e. The van der Waals surface area contributed by atoms with Gasteiger partial charge in [0.15, 0.2) is 5.71 Å². The lowest BCUT2D eigenvalue weighted by Crippen LogP contribution is -2.26. The molecule has 0 aromatic heterocycles. The second-order valence-corrected chi connectivity index (χ2v) is 10.9. The Kier molecular flexibility index (Phi) is 6.14. The van der Waals surface area contributed by atoms with Gasteiger partial charge in [-0.2, -0.15) is 14.8 Å². The number of nitrogens with zero attached hydrogens (tertiary/aromatic N) is 4. The zero-order chi connectivity index (χ0) is 27.2. The third kappa shape index (κ3) is 4.16. The molecular weight excluding hydrogens is 472 g/mol. The fourth-order valence-electron chi connectivity index (χ4n) is 5.70. The molecule has 5 rings (SSSR count). The van der Waals surface area contributed by atoms with Gasteiger partial charge in [-0.1, -0.05) is 38.1 Å². The van der Waals surface area contributed by atoms with Gasteiger partial charge >= 0.3 is 5.97 Å². The summed E-state index contributed by atoms with van der Waals surface area (Å²) in [4.78, 5) is 13.3. The van der Waals surface area contributed by atoms with Gasteiger partial charge in [0.1, 0.15) is 7.05 Å². The first-order valence-corrected chi connectivity index (χ1v) is 12.7. The lowest BCUT2D eigenvalue weighted by Gasteiger charge is -2.23. The van der Waals surface area contributed by atoms with Gasteiger partial charge in [0.2, 0.25) is 5.69 Å². The molecule has 0 unspecified atom stereocenters. The summed E-state index contributed by atoms with van der Waals surface area (Å²) in [5, 5.41) is 17.8. The molecule has 0 fully saturated rings. The molecule has 0 aliphatic carbocycles. The van der Waals surface area contributed by atoms with Gasteiger partial charge in [-0.3, -0.25) is 0 Å². The summed E-state index contributed by atoms with van der Waals surface area (Å²) in [6.07, 6.45) is 6.61. The zero-order valence-corrected chi connectivity index (χ0v) is 22.7. The minimum absolute atomic E-state index is 0.0612. The Morgan fingerprint density at radius 3 is 2.24 bits per heavy atom. The van der Waals surface area contributed by atoms with E-state index in [0.29, 0.717) is 5.69 Å². The molecule has 6 heteroatoms. The molecule has 2 aliphatic heterocycles. The Morgan fingerprint density at radius 2 is 1.55 bits per heavy atom. The Bertz CT molecular complexity index is 1560. The highest BCUT2D eigenvalue weighted by atomic mass is 16.4. The molecule has 38 heavy (non-hydrogen) atoms. The van der Waals surface area contributed by atoms with Gasteiger partial charge in [-0.05, 0) is 68.0 Å². The van der Waals surface area contributed by atoms with Crippen LogP contribution in [-0.4, -0.2) is 35.5 Å². The highest BCUT2D eigenvalue weighted by Gasteiger charge is 2.42. The lowest BCUT2D eigenvalue weighted by atomic mass is 9.81. The van der Waals surface area contributed by atoms with Crippen LogP contribution in [0.15, 0.2) is 101 Å². The summed E-state index contributed by atoms with van der Waals surface area (Å²) in [5.41, 5.74) is 8.74. The van der Waals surface area contributed by atoms with E-state index in [0.717, 1.165) is 11.4 Å². The van der Waals surface area contributed by atoms with Crippen molar-refractivity contribution in [1.29, 1.82) is 0 Å². The van der Waals surface area contributed by atoms with E-state index < -0.39 is 5.97 Å². The van der Waals surface area contributed by atoms with Crippen LogP contribution in [0.1, 0.15) is 49.2 Å². The number of hydrogen-bond acceptors (Lipinski definition) is 4. The predicted molar refractivity (Wildman–Crippen MR) is 153 cm³/mol. The maximum atomic E-state index is 11.1. The summed E-state index contributed by atoms with van der Waals surface area (Å²) in [7, 11) is 4.24. The van der Waals surface area contributed by atoms with E-state index in [2.05, 4.69) is 116 Å². The molecule has 6 nitrogen and oxygen atoms in total. The predicted octanol–water partition coefficient (Wildman–Crippen LogP) is 7.67. The highest BCUT2D eigenvalue weighted by molar-refractivity contribution is 6.03. The summed E-state index contributed by atoms with van der Waals surface area (Å²) >= 11 is 0. The molecule has 3 aromatic carbocycles. The van der Waals surface area contributed by atoms with Crippen molar-refractivity contribution in [2.24, 2.45) is 10.2 Å². The molecule has 0 saturated heterocycles. The molecule has 0 spiro atoms. The Morgan fingerprint density at radius 1 is 0.895 bits per heavy atom. The normalized spacial score (nSPS) is 18.6. The van der Waals surface area contributed by atoms with Gasteiger partial charge in [-0.15, -0.1) is 0 Å². The number of fused-ring (bicyclic) bond motifs is 2. The fraction of sp³-hybridized carbons (Fsp3) is 0.250. The van der Waals surface area contributed by atoms with E-state index in [9.17, 15) is 4.79 Å². The van der Waals surface area contributed by atoms with Crippen LogP contribution in [0.3, 0.4) is 0 Å². The molecule has 0 saturated carbocycles. The van der Waals surface area contributed by atoms with Crippen LogP contribution in [-0.2, 0) is 10.8 Å². The molecule has 0 atom stereocenters. The van der Waals surface area contributed by atoms with Crippen LogP contribution in [0.4, 0.5) is 22.7 Å². The minimum atomic E-state index is -0.958.